The third-order valence-corrected chi connectivity index (χ3v) is 3.39. The number of nitrogen functional groups attached to an aromatic ring is 1. The van der Waals surface area contributed by atoms with Crippen molar-refractivity contribution in [2.45, 2.75) is 20.5 Å². The van der Waals surface area contributed by atoms with Crippen molar-refractivity contribution >= 4 is 17.0 Å². The molecular formula is C12H14N2OS. The first-order valence-corrected chi connectivity index (χ1v) is 5.88. The Kier molecular flexibility index (Phi) is 3.10. The van der Waals surface area contributed by atoms with Crippen LogP contribution in [0.1, 0.15) is 15.6 Å². The summed E-state index contributed by atoms with van der Waals surface area (Å²) in [6.45, 7) is 4.55. The zero-order chi connectivity index (χ0) is 11.5. The van der Waals surface area contributed by atoms with Gasteiger partial charge in [0, 0.05) is 4.88 Å². The number of benzene rings is 1. The van der Waals surface area contributed by atoms with E-state index in [2.05, 4.69) is 11.9 Å². The highest BCUT2D eigenvalue weighted by Crippen LogP contribution is 2.23. The maximum atomic E-state index is 5.78. The molecule has 84 valence electrons. The Morgan fingerprint density at radius 3 is 2.69 bits per heavy atom. The molecule has 1 aromatic carbocycles. The van der Waals surface area contributed by atoms with E-state index >= 15 is 0 Å². The summed E-state index contributed by atoms with van der Waals surface area (Å²) in [7, 11) is 0. The van der Waals surface area contributed by atoms with Crippen LogP contribution in [0, 0.1) is 13.8 Å². The van der Waals surface area contributed by atoms with E-state index in [1.807, 2.05) is 31.2 Å². The van der Waals surface area contributed by atoms with Crippen molar-refractivity contribution in [2.24, 2.45) is 0 Å². The van der Waals surface area contributed by atoms with E-state index in [1.165, 1.54) is 4.88 Å². The molecule has 0 bridgehead atoms. The summed E-state index contributed by atoms with van der Waals surface area (Å²) < 4.78 is 5.61. The second-order valence-electron chi connectivity index (χ2n) is 3.58. The summed E-state index contributed by atoms with van der Waals surface area (Å²) in [5.74, 6) is 0.716. The van der Waals surface area contributed by atoms with Gasteiger partial charge in [0.1, 0.15) is 17.4 Å². The van der Waals surface area contributed by atoms with Gasteiger partial charge in [-0.3, -0.25) is 0 Å². The molecule has 0 amide bonds. The number of thiazole rings is 1. The molecule has 0 aliphatic carbocycles. The normalized spacial score (nSPS) is 10.4. The van der Waals surface area contributed by atoms with Gasteiger partial charge in [-0.05, 0) is 26.0 Å². The van der Waals surface area contributed by atoms with Crippen molar-refractivity contribution in [3.63, 3.8) is 0 Å². The number of nitrogens with two attached hydrogens (primary N) is 1. The number of para-hydroxylation sites is 2. The zero-order valence-corrected chi connectivity index (χ0v) is 10.2. The molecule has 1 aromatic heterocycles. The van der Waals surface area contributed by atoms with Gasteiger partial charge in [0.2, 0.25) is 0 Å². The number of nitrogens with zero attached hydrogens (tertiary/aromatic N) is 1. The number of hydrogen-bond donors (Lipinski definition) is 1. The lowest BCUT2D eigenvalue weighted by Gasteiger charge is -2.06. The molecule has 1 heterocycles. The third kappa shape index (κ3) is 2.33. The number of ether oxygens (including phenoxy) is 1. The smallest absolute Gasteiger partial charge is 0.142 e. The van der Waals surface area contributed by atoms with Crippen LogP contribution in [0.5, 0.6) is 5.75 Å². The van der Waals surface area contributed by atoms with E-state index in [1.54, 1.807) is 11.3 Å². The van der Waals surface area contributed by atoms with Crippen LogP contribution in [-0.4, -0.2) is 4.98 Å². The average Bonchev–Trinajstić information content (AvgIpc) is 2.57. The van der Waals surface area contributed by atoms with E-state index in [9.17, 15) is 0 Å². The van der Waals surface area contributed by atoms with Crippen LogP contribution in [0.15, 0.2) is 24.3 Å². The molecule has 3 nitrogen and oxygen atoms in total. The van der Waals surface area contributed by atoms with E-state index in [4.69, 9.17) is 10.5 Å². The summed E-state index contributed by atoms with van der Waals surface area (Å²) in [6.07, 6.45) is 0. The van der Waals surface area contributed by atoms with Crippen molar-refractivity contribution in [3.05, 3.63) is 39.8 Å². The highest BCUT2D eigenvalue weighted by molar-refractivity contribution is 7.11. The first-order chi connectivity index (χ1) is 7.66. The molecule has 0 aliphatic heterocycles. The van der Waals surface area contributed by atoms with Gasteiger partial charge in [-0.1, -0.05) is 12.1 Å². The molecule has 2 aromatic rings. The molecule has 0 aliphatic rings. The topological polar surface area (TPSA) is 48.1 Å². The minimum absolute atomic E-state index is 0.480. The fraction of sp³-hybridized carbons (Fsp3) is 0.250. The highest BCUT2D eigenvalue weighted by atomic mass is 32.1. The SMILES string of the molecule is Cc1nc(COc2ccccc2N)sc1C. The molecule has 2 rings (SSSR count). The number of anilines is 1. The maximum absolute atomic E-state index is 5.78. The Labute approximate surface area is 98.9 Å². The van der Waals surface area contributed by atoms with E-state index in [-0.39, 0.29) is 0 Å². The first-order valence-electron chi connectivity index (χ1n) is 5.07. The van der Waals surface area contributed by atoms with Gasteiger partial charge < -0.3 is 10.5 Å². The van der Waals surface area contributed by atoms with Gasteiger partial charge in [0.15, 0.2) is 0 Å². The summed E-state index contributed by atoms with van der Waals surface area (Å²) in [5.41, 5.74) is 7.51. The van der Waals surface area contributed by atoms with Crippen LogP contribution in [0.3, 0.4) is 0 Å². The predicted octanol–water partition coefficient (Wildman–Crippen LogP) is 2.92. The number of aryl methyl sites for hydroxylation is 2. The van der Waals surface area contributed by atoms with Gasteiger partial charge in [-0.2, -0.15) is 0 Å². The second-order valence-corrected chi connectivity index (χ2v) is 4.86. The van der Waals surface area contributed by atoms with Crippen molar-refractivity contribution in [1.29, 1.82) is 0 Å². The zero-order valence-electron chi connectivity index (χ0n) is 9.36. The average molecular weight is 234 g/mol. The fourth-order valence-electron chi connectivity index (χ4n) is 1.35. The molecule has 0 unspecified atom stereocenters. The van der Waals surface area contributed by atoms with Crippen LogP contribution in [-0.2, 0) is 6.61 Å². The number of hydrogen-bond acceptors (Lipinski definition) is 4. The van der Waals surface area contributed by atoms with Gasteiger partial charge >= 0.3 is 0 Å². The van der Waals surface area contributed by atoms with Crippen LogP contribution < -0.4 is 10.5 Å². The standard InChI is InChI=1S/C12H14N2OS/c1-8-9(2)16-12(14-8)7-15-11-6-4-3-5-10(11)13/h3-6H,7,13H2,1-2H3. The summed E-state index contributed by atoms with van der Waals surface area (Å²) >= 11 is 1.66. The molecule has 4 heteroatoms. The van der Waals surface area contributed by atoms with Crippen molar-refractivity contribution in [2.75, 3.05) is 5.73 Å². The first kappa shape index (κ1) is 11.0. The molecule has 0 spiro atoms. The van der Waals surface area contributed by atoms with Gasteiger partial charge in [-0.25, -0.2) is 4.98 Å². The quantitative estimate of drug-likeness (QED) is 0.831. The Morgan fingerprint density at radius 2 is 2.06 bits per heavy atom. The predicted molar refractivity (Wildman–Crippen MR) is 66.8 cm³/mol. The molecule has 0 saturated heterocycles. The lowest BCUT2D eigenvalue weighted by atomic mass is 10.3. The largest absolute Gasteiger partial charge is 0.484 e. The molecule has 0 saturated carbocycles. The van der Waals surface area contributed by atoms with E-state index in [0.29, 0.717) is 18.0 Å². The van der Waals surface area contributed by atoms with Crippen LogP contribution in [0.25, 0.3) is 0 Å². The fourth-order valence-corrected chi connectivity index (χ4v) is 2.20. The van der Waals surface area contributed by atoms with Crippen molar-refractivity contribution < 1.29 is 4.74 Å². The van der Waals surface area contributed by atoms with E-state index < -0.39 is 0 Å². The van der Waals surface area contributed by atoms with Gasteiger partial charge in [-0.15, -0.1) is 11.3 Å². The lowest BCUT2D eigenvalue weighted by molar-refractivity contribution is 0.307. The molecule has 2 N–H and O–H groups in total. The lowest BCUT2D eigenvalue weighted by Crippen LogP contribution is -1.98. The number of rotatable bonds is 3. The van der Waals surface area contributed by atoms with E-state index in [0.717, 1.165) is 10.7 Å². The molecule has 0 radical (unpaired) electrons. The monoisotopic (exact) mass is 234 g/mol. The molecular weight excluding hydrogens is 220 g/mol. The highest BCUT2D eigenvalue weighted by Gasteiger charge is 2.05. The van der Waals surface area contributed by atoms with Crippen LogP contribution >= 0.6 is 11.3 Å². The van der Waals surface area contributed by atoms with Crippen molar-refractivity contribution in [3.8, 4) is 5.75 Å². The Bertz CT molecular complexity index is 474. The van der Waals surface area contributed by atoms with Gasteiger partial charge in [0.05, 0.1) is 11.4 Å². The Morgan fingerprint density at radius 1 is 1.31 bits per heavy atom. The minimum atomic E-state index is 0.480. The number of aromatic nitrogens is 1. The van der Waals surface area contributed by atoms with Gasteiger partial charge in [0.25, 0.3) is 0 Å². The Hall–Kier alpha value is -1.55. The summed E-state index contributed by atoms with van der Waals surface area (Å²) in [4.78, 5) is 5.64. The minimum Gasteiger partial charge on any atom is -0.484 e. The second kappa shape index (κ2) is 4.53. The Balaban J connectivity index is 2.05. The molecule has 0 atom stereocenters. The summed E-state index contributed by atoms with van der Waals surface area (Å²) in [5, 5.41) is 0.984. The van der Waals surface area contributed by atoms with Crippen molar-refractivity contribution in [1.82, 2.24) is 4.98 Å². The van der Waals surface area contributed by atoms with Crippen LogP contribution in [0.2, 0.25) is 0 Å². The molecule has 16 heavy (non-hydrogen) atoms. The third-order valence-electron chi connectivity index (χ3n) is 2.34. The molecule has 0 fully saturated rings. The maximum Gasteiger partial charge on any atom is 0.142 e. The summed E-state index contributed by atoms with van der Waals surface area (Å²) in [6, 6.07) is 7.49. The van der Waals surface area contributed by atoms with Crippen LogP contribution in [0.4, 0.5) is 5.69 Å².